The van der Waals surface area contributed by atoms with Gasteiger partial charge in [-0.15, -0.1) is 22.7 Å². The van der Waals surface area contributed by atoms with Crippen molar-refractivity contribution in [2.45, 2.75) is 25.9 Å². The van der Waals surface area contributed by atoms with E-state index in [1.807, 2.05) is 17.6 Å². The number of aromatic nitrogens is 1. The van der Waals surface area contributed by atoms with Gasteiger partial charge in [0, 0.05) is 17.6 Å². The molecule has 2 aromatic heterocycles. The normalized spacial score (nSPS) is 14.8. The Labute approximate surface area is 119 Å². The molecule has 2 atom stereocenters. The van der Waals surface area contributed by atoms with Gasteiger partial charge in [-0.1, -0.05) is 23.2 Å². The lowest BCUT2D eigenvalue weighted by atomic mass is 10.1. The van der Waals surface area contributed by atoms with E-state index in [0.29, 0.717) is 0 Å². The minimum atomic E-state index is 0.158. The number of hydrogen-bond donors (Lipinski definition) is 1. The Hall–Kier alpha value is -0.130. The molecule has 2 heterocycles. The molecule has 0 bridgehead atoms. The van der Waals surface area contributed by atoms with E-state index in [2.05, 4.69) is 24.1 Å². The molecule has 0 radical (unpaired) electrons. The molecule has 0 saturated carbocycles. The van der Waals surface area contributed by atoms with E-state index in [0.717, 1.165) is 19.2 Å². The van der Waals surface area contributed by atoms with E-state index in [-0.39, 0.29) is 12.1 Å². The summed E-state index contributed by atoms with van der Waals surface area (Å²) in [6.07, 6.45) is 1.82. The summed E-state index contributed by atoms with van der Waals surface area (Å²) in [5, 5.41) is 6.52. The van der Waals surface area contributed by atoms with Gasteiger partial charge >= 0.3 is 0 Å². The molecule has 0 saturated heterocycles. The summed E-state index contributed by atoms with van der Waals surface area (Å²) < 4.78 is 1.47. The van der Waals surface area contributed by atoms with E-state index in [1.54, 1.807) is 11.3 Å². The highest BCUT2D eigenvalue weighted by Gasteiger charge is 2.17. The van der Waals surface area contributed by atoms with Gasteiger partial charge in [-0.3, -0.25) is 0 Å². The Morgan fingerprint density at radius 1 is 1.29 bits per heavy atom. The van der Waals surface area contributed by atoms with Crippen LogP contribution in [-0.4, -0.2) is 4.98 Å². The molecule has 0 aliphatic heterocycles. The Bertz CT molecular complexity index is 482. The summed E-state index contributed by atoms with van der Waals surface area (Å²) in [6, 6.07) is 2.28. The van der Waals surface area contributed by atoms with Gasteiger partial charge in [-0.05, 0) is 25.5 Å². The zero-order chi connectivity index (χ0) is 12.4. The lowest BCUT2D eigenvalue weighted by molar-refractivity contribution is 0.494. The number of thiazole rings is 1. The summed E-state index contributed by atoms with van der Waals surface area (Å²) in [7, 11) is 0. The van der Waals surface area contributed by atoms with Crippen molar-refractivity contribution in [3.8, 4) is 0 Å². The Morgan fingerprint density at radius 3 is 2.59 bits per heavy atom. The van der Waals surface area contributed by atoms with Gasteiger partial charge in [-0.25, -0.2) is 4.98 Å². The zero-order valence-electron chi connectivity index (χ0n) is 9.41. The number of nitrogens with one attached hydrogen (secondary N) is 1. The summed E-state index contributed by atoms with van der Waals surface area (Å²) in [4.78, 5) is 4.29. The van der Waals surface area contributed by atoms with Crippen LogP contribution in [0.3, 0.4) is 0 Å². The van der Waals surface area contributed by atoms with Crippen molar-refractivity contribution in [1.82, 2.24) is 10.3 Å². The number of nitrogens with zero attached hydrogens (tertiary/aromatic N) is 1. The molecule has 2 unspecified atom stereocenters. The first-order valence-electron chi connectivity index (χ1n) is 5.18. The van der Waals surface area contributed by atoms with E-state index in [1.165, 1.54) is 11.3 Å². The molecule has 0 aliphatic rings. The third-order valence-electron chi connectivity index (χ3n) is 2.47. The predicted molar refractivity (Wildman–Crippen MR) is 76.4 cm³/mol. The van der Waals surface area contributed by atoms with Crippen LogP contribution in [0.4, 0.5) is 0 Å². The third-order valence-corrected chi connectivity index (χ3v) is 4.95. The maximum Gasteiger partial charge on any atom is 0.109 e. The van der Waals surface area contributed by atoms with Gasteiger partial charge in [0.1, 0.15) is 5.01 Å². The van der Waals surface area contributed by atoms with Gasteiger partial charge in [0.15, 0.2) is 0 Å². The lowest BCUT2D eigenvalue weighted by Gasteiger charge is -2.18. The molecular formula is C11H12Cl2N2S2. The highest BCUT2D eigenvalue weighted by Crippen LogP contribution is 2.35. The molecule has 0 spiro atoms. The van der Waals surface area contributed by atoms with Crippen molar-refractivity contribution < 1.29 is 0 Å². The SMILES string of the molecule is CC(NC(C)c1cc(Cl)sc1Cl)c1nccs1. The Morgan fingerprint density at radius 2 is 2.06 bits per heavy atom. The lowest BCUT2D eigenvalue weighted by Crippen LogP contribution is -2.22. The first kappa shape index (κ1) is 13.3. The molecule has 1 N–H and O–H groups in total. The number of rotatable bonds is 4. The second kappa shape index (κ2) is 5.67. The molecule has 0 fully saturated rings. The second-order valence-corrected chi connectivity index (χ2v) is 6.97. The van der Waals surface area contributed by atoms with E-state index >= 15 is 0 Å². The van der Waals surface area contributed by atoms with Gasteiger partial charge in [-0.2, -0.15) is 0 Å². The number of hydrogen-bond acceptors (Lipinski definition) is 4. The fourth-order valence-electron chi connectivity index (χ4n) is 1.63. The second-order valence-electron chi connectivity index (χ2n) is 3.76. The largest absolute Gasteiger partial charge is 0.301 e. The van der Waals surface area contributed by atoms with Gasteiger partial charge in [0.05, 0.1) is 14.7 Å². The van der Waals surface area contributed by atoms with Crippen LogP contribution in [0.2, 0.25) is 8.67 Å². The molecular weight excluding hydrogens is 295 g/mol. The van der Waals surface area contributed by atoms with Gasteiger partial charge in [0.25, 0.3) is 0 Å². The van der Waals surface area contributed by atoms with E-state index < -0.39 is 0 Å². The van der Waals surface area contributed by atoms with Crippen molar-refractivity contribution in [3.63, 3.8) is 0 Å². The van der Waals surface area contributed by atoms with Crippen molar-refractivity contribution in [3.05, 3.63) is 36.9 Å². The smallest absolute Gasteiger partial charge is 0.109 e. The standard InChI is InChI=1S/C11H12Cl2N2S2/c1-6(8-5-9(12)17-10(8)13)15-7(2)11-14-3-4-16-11/h3-7,15H,1-2H3. The van der Waals surface area contributed by atoms with Crippen LogP contribution in [0, 0.1) is 0 Å². The van der Waals surface area contributed by atoms with Crippen molar-refractivity contribution in [1.29, 1.82) is 0 Å². The highest BCUT2D eigenvalue weighted by molar-refractivity contribution is 7.20. The maximum absolute atomic E-state index is 6.13. The molecule has 0 aliphatic carbocycles. The molecule has 92 valence electrons. The fourth-order valence-corrected chi connectivity index (χ4v) is 3.93. The van der Waals surface area contributed by atoms with E-state index in [4.69, 9.17) is 23.2 Å². The van der Waals surface area contributed by atoms with Gasteiger partial charge < -0.3 is 5.32 Å². The molecule has 0 amide bonds. The predicted octanol–water partition coefficient (Wildman–Crippen LogP) is 4.92. The highest BCUT2D eigenvalue weighted by atomic mass is 35.5. The number of thiophene rings is 1. The monoisotopic (exact) mass is 306 g/mol. The van der Waals surface area contributed by atoms with Gasteiger partial charge in [0.2, 0.25) is 0 Å². The summed E-state index contributed by atoms with van der Waals surface area (Å²) >= 11 is 15.1. The van der Waals surface area contributed by atoms with Crippen molar-refractivity contribution >= 4 is 45.9 Å². The van der Waals surface area contributed by atoms with Crippen LogP contribution in [0.5, 0.6) is 0 Å². The van der Waals surface area contributed by atoms with Crippen LogP contribution in [0.15, 0.2) is 17.6 Å². The quantitative estimate of drug-likeness (QED) is 0.867. The summed E-state index contributed by atoms with van der Waals surface area (Å²) in [6.45, 7) is 4.17. The van der Waals surface area contributed by atoms with Crippen LogP contribution >= 0.6 is 45.9 Å². The van der Waals surface area contributed by atoms with Crippen molar-refractivity contribution in [2.75, 3.05) is 0 Å². The first-order chi connectivity index (χ1) is 8.08. The Balaban J connectivity index is 2.06. The molecule has 17 heavy (non-hydrogen) atoms. The topological polar surface area (TPSA) is 24.9 Å². The third kappa shape index (κ3) is 3.20. The van der Waals surface area contributed by atoms with Crippen LogP contribution < -0.4 is 5.32 Å². The minimum Gasteiger partial charge on any atom is -0.301 e. The maximum atomic E-state index is 6.13. The average molecular weight is 307 g/mol. The van der Waals surface area contributed by atoms with Crippen LogP contribution in [-0.2, 0) is 0 Å². The zero-order valence-corrected chi connectivity index (χ0v) is 12.6. The van der Waals surface area contributed by atoms with Crippen LogP contribution in [0.25, 0.3) is 0 Å². The van der Waals surface area contributed by atoms with Crippen molar-refractivity contribution in [2.24, 2.45) is 0 Å². The summed E-state index contributed by atoms with van der Waals surface area (Å²) in [5.74, 6) is 0. The first-order valence-corrected chi connectivity index (χ1v) is 7.63. The molecule has 2 nitrogen and oxygen atoms in total. The molecule has 2 rings (SSSR count). The molecule has 2 aromatic rings. The van der Waals surface area contributed by atoms with Crippen LogP contribution in [0.1, 0.15) is 36.5 Å². The Kier molecular flexibility index (Phi) is 4.44. The molecule has 0 aromatic carbocycles. The van der Waals surface area contributed by atoms with E-state index in [9.17, 15) is 0 Å². The number of halogens is 2. The minimum absolute atomic E-state index is 0.158. The fraction of sp³-hybridized carbons (Fsp3) is 0.364. The summed E-state index contributed by atoms with van der Waals surface area (Å²) in [5.41, 5.74) is 1.05. The molecule has 6 heteroatoms. The average Bonchev–Trinajstić information content (AvgIpc) is 2.87.